The number of carbonyl (C=O) groups excluding carboxylic acids is 1. The van der Waals surface area contributed by atoms with Crippen LogP contribution in [0.4, 0.5) is 5.69 Å². The summed E-state index contributed by atoms with van der Waals surface area (Å²) >= 11 is 0. The zero-order valence-corrected chi connectivity index (χ0v) is 16.4. The lowest BCUT2D eigenvalue weighted by molar-refractivity contribution is 0.0281. The maximum absolute atomic E-state index is 11.8. The summed E-state index contributed by atoms with van der Waals surface area (Å²) in [5.74, 6) is -0.342. The summed E-state index contributed by atoms with van der Waals surface area (Å²) in [6.45, 7) is 8.99. The van der Waals surface area contributed by atoms with Gasteiger partial charge in [-0.25, -0.2) is 4.79 Å². The van der Waals surface area contributed by atoms with Crippen molar-refractivity contribution in [2.45, 2.75) is 39.5 Å². The number of rotatable bonds is 13. The first-order chi connectivity index (χ1) is 11.7. The standard InChI is InChI=1S/C19H32N2O3.ClH/c1-3-5-11-21(12-6-4-2)13-14-23-15-16-24-19(22)17-7-9-18(20)10-8-17;/h7-10H,3-6,11-16,20H2,1-2H3;1H. The number of nitrogen functional groups attached to an aromatic ring is 1. The van der Waals surface area contributed by atoms with Crippen LogP contribution >= 0.6 is 12.4 Å². The van der Waals surface area contributed by atoms with Gasteiger partial charge in [0.15, 0.2) is 0 Å². The van der Waals surface area contributed by atoms with Crippen LogP contribution in [0.2, 0.25) is 0 Å². The molecule has 0 saturated heterocycles. The van der Waals surface area contributed by atoms with Gasteiger partial charge in [-0.05, 0) is 50.2 Å². The lowest BCUT2D eigenvalue weighted by Crippen LogP contribution is -2.30. The van der Waals surface area contributed by atoms with E-state index in [1.165, 1.54) is 25.7 Å². The first-order valence-corrected chi connectivity index (χ1v) is 9.00. The number of halogens is 1. The van der Waals surface area contributed by atoms with E-state index < -0.39 is 0 Å². The second-order valence-corrected chi connectivity index (χ2v) is 5.92. The fourth-order valence-electron chi connectivity index (χ4n) is 2.29. The molecule has 0 aliphatic rings. The van der Waals surface area contributed by atoms with Gasteiger partial charge >= 0.3 is 5.97 Å². The van der Waals surface area contributed by atoms with Crippen LogP contribution < -0.4 is 5.73 Å². The van der Waals surface area contributed by atoms with E-state index >= 15 is 0 Å². The predicted octanol–water partition coefficient (Wildman–Crippen LogP) is 3.77. The highest BCUT2D eigenvalue weighted by Crippen LogP contribution is 2.06. The molecule has 0 spiro atoms. The topological polar surface area (TPSA) is 64.8 Å². The minimum atomic E-state index is -0.342. The van der Waals surface area contributed by atoms with Crippen LogP contribution in [0.1, 0.15) is 49.9 Å². The van der Waals surface area contributed by atoms with Gasteiger partial charge in [0.25, 0.3) is 0 Å². The highest BCUT2D eigenvalue weighted by atomic mass is 35.5. The number of nitrogens with zero attached hydrogens (tertiary/aromatic N) is 1. The SMILES string of the molecule is CCCCN(CCCC)CCOCCOC(=O)c1ccc(N)cc1.Cl. The molecule has 0 unspecified atom stereocenters. The average Bonchev–Trinajstić information content (AvgIpc) is 2.59. The Balaban J connectivity index is 0.00000576. The molecule has 1 aromatic carbocycles. The maximum Gasteiger partial charge on any atom is 0.338 e. The average molecular weight is 373 g/mol. The van der Waals surface area contributed by atoms with Gasteiger partial charge < -0.3 is 20.1 Å². The van der Waals surface area contributed by atoms with Crippen molar-refractivity contribution in [2.75, 3.05) is 45.2 Å². The summed E-state index contributed by atoms with van der Waals surface area (Å²) in [6, 6.07) is 6.71. The van der Waals surface area contributed by atoms with Gasteiger partial charge in [-0.2, -0.15) is 0 Å². The van der Waals surface area contributed by atoms with E-state index in [1.54, 1.807) is 24.3 Å². The van der Waals surface area contributed by atoms with E-state index in [2.05, 4.69) is 18.7 Å². The van der Waals surface area contributed by atoms with Crippen LogP contribution in [0.15, 0.2) is 24.3 Å². The Bertz CT molecular complexity index is 446. The molecule has 144 valence electrons. The Labute approximate surface area is 158 Å². The first-order valence-electron chi connectivity index (χ1n) is 9.00. The molecule has 1 aromatic rings. The van der Waals surface area contributed by atoms with Crippen molar-refractivity contribution < 1.29 is 14.3 Å². The Morgan fingerprint density at radius 1 is 0.960 bits per heavy atom. The number of benzene rings is 1. The van der Waals surface area contributed by atoms with Crippen LogP contribution in [-0.2, 0) is 9.47 Å². The van der Waals surface area contributed by atoms with Gasteiger partial charge in [0.05, 0.1) is 18.8 Å². The van der Waals surface area contributed by atoms with Gasteiger partial charge in [0, 0.05) is 12.2 Å². The lowest BCUT2D eigenvalue weighted by atomic mass is 10.2. The number of anilines is 1. The number of nitrogens with two attached hydrogens (primary N) is 1. The van der Waals surface area contributed by atoms with Crippen LogP contribution in [0.3, 0.4) is 0 Å². The molecule has 2 N–H and O–H groups in total. The number of unbranched alkanes of at least 4 members (excludes halogenated alkanes) is 2. The van der Waals surface area contributed by atoms with Crippen molar-refractivity contribution in [3.8, 4) is 0 Å². The van der Waals surface area contributed by atoms with Crippen LogP contribution in [-0.4, -0.2) is 50.3 Å². The molecule has 0 aliphatic carbocycles. The van der Waals surface area contributed by atoms with Gasteiger partial charge in [-0.1, -0.05) is 26.7 Å². The van der Waals surface area contributed by atoms with E-state index in [4.69, 9.17) is 15.2 Å². The smallest absolute Gasteiger partial charge is 0.338 e. The zero-order chi connectivity index (χ0) is 17.6. The summed E-state index contributed by atoms with van der Waals surface area (Å²) in [4.78, 5) is 14.3. The summed E-state index contributed by atoms with van der Waals surface area (Å²) in [5, 5.41) is 0. The van der Waals surface area contributed by atoms with Crippen LogP contribution in [0.5, 0.6) is 0 Å². The molecule has 0 radical (unpaired) electrons. The normalized spacial score (nSPS) is 10.5. The van der Waals surface area contributed by atoms with Crippen molar-refractivity contribution >= 4 is 24.1 Å². The molecule has 0 amide bonds. The largest absolute Gasteiger partial charge is 0.460 e. The number of carbonyl (C=O) groups is 1. The lowest BCUT2D eigenvalue weighted by Gasteiger charge is -2.21. The van der Waals surface area contributed by atoms with E-state index in [-0.39, 0.29) is 25.0 Å². The third kappa shape index (κ3) is 11.0. The fraction of sp³-hybridized carbons (Fsp3) is 0.632. The molecule has 1 rings (SSSR count). The molecule has 0 atom stereocenters. The number of esters is 1. The summed E-state index contributed by atoms with van der Waals surface area (Å²) in [5.41, 5.74) is 6.73. The highest BCUT2D eigenvalue weighted by Gasteiger charge is 2.07. The fourth-order valence-corrected chi connectivity index (χ4v) is 2.29. The number of ether oxygens (including phenoxy) is 2. The molecule has 25 heavy (non-hydrogen) atoms. The van der Waals surface area contributed by atoms with Crippen molar-refractivity contribution in [1.29, 1.82) is 0 Å². The van der Waals surface area contributed by atoms with Crippen molar-refractivity contribution in [1.82, 2.24) is 4.90 Å². The Morgan fingerprint density at radius 2 is 1.56 bits per heavy atom. The van der Waals surface area contributed by atoms with Gasteiger partial charge in [-0.15, -0.1) is 12.4 Å². The van der Waals surface area contributed by atoms with E-state index in [1.807, 2.05) is 0 Å². The molecule has 0 heterocycles. The molecule has 6 heteroatoms. The highest BCUT2D eigenvalue weighted by molar-refractivity contribution is 5.89. The minimum Gasteiger partial charge on any atom is -0.460 e. The van der Waals surface area contributed by atoms with Gasteiger partial charge in [0.1, 0.15) is 6.61 Å². The summed E-state index contributed by atoms with van der Waals surface area (Å²) < 4.78 is 10.8. The summed E-state index contributed by atoms with van der Waals surface area (Å²) in [7, 11) is 0. The second kappa shape index (κ2) is 15.0. The van der Waals surface area contributed by atoms with Gasteiger partial charge in [0.2, 0.25) is 0 Å². The zero-order valence-electron chi connectivity index (χ0n) is 15.5. The van der Waals surface area contributed by atoms with Gasteiger partial charge in [-0.3, -0.25) is 0 Å². The van der Waals surface area contributed by atoms with E-state index in [0.717, 1.165) is 19.6 Å². The van der Waals surface area contributed by atoms with E-state index in [0.29, 0.717) is 24.5 Å². The van der Waals surface area contributed by atoms with Crippen molar-refractivity contribution in [2.24, 2.45) is 0 Å². The number of hydrogen-bond donors (Lipinski definition) is 1. The molecule has 0 aromatic heterocycles. The van der Waals surface area contributed by atoms with Crippen molar-refractivity contribution in [3.63, 3.8) is 0 Å². The first kappa shape index (κ1) is 23.7. The maximum atomic E-state index is 11.8. The Morgan fingerprint density at radius 3 is 2.12 bits per heavy atom. The molecule has 0 fully saturated rings. The Hall–Kier alpha value is -1.30. The second-order valence-electron chi connectivity index (χ2n) is 5.92. The molecule has 0 bridgehead atoms. The minimum absolute atomic E-state index is 0. The molecule has 0 saturated carbocycles. The molecular formula is C19H33ClN2O3. The third-order valence-electron chi connectivity index (χ3n) is 3.81. The van der Waals surface area contributed by atoms with Crippen LogP contribution in [0.25, 0.3) is 0 Å². The monoisotopic (exact) mass is 372 g/mol. The Kier molecular flexibility index (Phi) is 14.2. The summed E-state index contributed by atoms with van der Waals surface area (Å²) in [6.07, 6.45) is 4.88. The van der Waals surface area contributed by atoms with Crippen molar-refractivity contribution in [3.05, 3.63) is 29.8 Å². The quantitative estimate of drug-likeness (QED) is 0.324. The molecular weight excluding hydrogens is 340 g/mol. The molecule has 0 aliphatic heterocycles. The third-order valence-corrected chi connectivity index (χ3v) is 3.81. The molecule has 5 nitrogen and oxygen atoms in total. The number of hydrogen-bond acceptors (Lipinski definition) is 5. The van der Waals surface area contributed by atoms with Crippen LogP contribution in [0, 0.1) is 0 Å². The van der Waals surface area contributed by atoms with E-state index in [9.17, 15) is 4.79 Å². The predicted molar refractivity (Wildman–Crippen MR) is 105 cm³/mol.